The van der Waals surface area contributed by atoms with E-state index in [1.165, 1.54) is 0 Å². The van der Waals surface area contributed by atoms with E-state index in [1.807, 2.05) is 6.92 Å². The Bertz CT molecular complexity index is 371. The minimum absolute atomic E-state index is 0.0398. The van der Waals surface area contributed by atoms with Crippen molar-refractivity contribution in [2.24, 2.45) is 5.92 Å². The monoisotopic (exact) mass is 311 g/mol. The minimum Gasteiger partial charge on any atom is -0.381 e. The van der Waals surface area contributed by atoms with Crippen LogP contribution in [0.1, 0.15) is 58.3 Å². The zero-order valence-electron chi connectivity index (χ0n) is 13.8. The van der Waals surface area contributed by atoms with Crippen molar-refractivity contribution in [3.63, 3.8) is 0 Å². The summed E-state index contributed by atoms with van der Waals surface area (Å²) in [5.41, 5.74) is 0. The van der Waals surface area contributed by atoms with Gasteiger partial charge >= 0.3 is 0 Å². The molecule has 22 heavy (non-hydrogen) atoms. The highest BCUT2D eigenvalue weighted by Crippen LogP contribution is 2.29. The molecular formula is C17H29NO4. The van der Waals surface area contributed by atoms with Crippen LogP contribution in [0.4, 0.5) is 0 Å². The zero-order valence-corrected chi connectivity index (χ0v) is 13.8. The Morgan fingerprint density at radius 2 is 1.73 bits per heavy atom. The average molecular weight is 311 g/mol. The molecule has 2 aliphatic rings. The lowest BCUT2D eigenvalue weighted by molar-refractivity contribution is -0.129. The number of Topliss-reactive ketones (excluding diaryl/α,β-unsaturated/α-hetero) is 1. The number of hydrogen-bond acceptors (Lipinski definition) is 4. The maximum absolute atomic E-state index is 11.8. The Kier molecular flexibility index (Phi) is 6.83. The van der Waals surface area contributed by atoms with Crippen molar-refractivity contribution < 1.29 is 19.1 Å². The number of nitrogens with one attached hydrogen (secondary N) is 1. The van der Waals surface area contributed by atoms with Crippen LogP contribution < -0.4 is 5.32 Å². The molecule has 0 aromatic rings. The summed E-state index contributed by atoms with van der Waals surface area (Å²) < 4.78 is 11.1. The molecule has 5 nitrogen and oxygen atoms in total. The van der Waals surface area contributed by atoms with Gasteiger partial charge < -0.3 is 14.8 Å². The summed E-state index contributed by atoms with van der Waals surface area (Å²) in [6.07, 6.45) is 7.39. The molecule has 1 amide bonds. The third-order valence-electron chi connectivity index (χ3n) is 4.94. The van der Waals surface area contributed by atoms with Gasteiger partial charge in [0.25, 0.3) is 0 Å². The SMILES string of the molecule is CCC(=O)C1CC(NC(=O)CCOC2CCC(OC)CC2)C1. The lowest BCUT2D eigenvalue weighted by atomic mass is 9.77. The highest BCUT2D eigenvalue weighted by Gasteiger charge is 2.34. The normalized spacial score (nSPS) is 31.4. The van der Waals surface area contributed by atoms with Crippen LogP contribution in [-0.4, -0.2) is 43.7 Å². The van der Waals surface area contributed by atoms with Gasteiger partial charge in [-0.05, 0) is 38.5 Å². The number of rotatable bonds is 8. The molecule has 2 saturated carbocycles. The highest BCUT2D eigenvalue weighted by molar-refractivity contribution is 5.82. The van der Waals surface area contributed by atoms with Crippen LogP contribution in [0.15, 0.2) is 0 Å². The van der Waals surface area contributed by atoms with E-state index in [9.17, 15) is 9.59 Å². The maximum atomic E-state index is 11.8. The largest absolute Gasteiger partial charge is 0.381 e. The first kappa shape index (κ1) is 17.4. The Hall–Kier alpha value is -0.940. The van der Waals surface area contributed by atoms with Gasteiger partial charge in [0.2, 0.25) is 5.91 Å². The molecule has 0 aliphatic heterocycles. The van der Waals surface area contributed by atoms with Gasteiger partial charge in [-0.2, -0.15) is 0 Å². The molecule has 0 heterocycles. The number of carbonyl (C=O) groups excluding carboxylic acids is 2. The van der Waals surface area contributed by atoms with Crippen molar-refractivity contribution in [3.05, 3.63) is 0 Å². The van der Waals surface area contributed by atoms with Crippen molar-refractivity contribution >= 4 is 11.7 Å². The quantitative estimate of drug-likeness (QED) is 0.746. The number of ether oxygens (including phenoxy) is 2. The van der Waals surface area contributed by atoms with Gasteiger partial charge in [-0.15, -0.1) is 0 Å². The Labute approximate surface area is 133 Å². The third-order valence-corrected chi connectivity index (χ3v) is 4.94. The molecule has 1 N–H and O–H groups in total. The lowest BCUT2D eigenvalue weighted by Gasteiger charge is -2.34. The maximum Gasteiger partial charge on any atom is 0.222 e. The van der Waals surface area contributed by atoms with E-state index in [1.54, 1.807) is 7.11 Å². The molecular weight excluding hydrogens is 282 g/mol. The highest BCUT2D eigenvalue weighted by atomic mass is 16.5. The van der Waals surface area contributed by atoms with Crippen LogP contribution >= 0.6 is 0 Å². The molecule has 5 heteroatoms. The molecule has 2 aliphatic carbocycles. The average Bonchev–Trinajstić information content (AvgIpc) is 2.50. The number of hydrogen-bond donors (Lipinski definition) is 1. The van der Waals surface area contributed by atoms with E-state index in [0.29, 0.717) is 31.3 Å². The fourth-order valence-electron chi connectivity index (χ4n) is 3.34. The molecule has 2 rings (SSSR count). The molecule has 0 bridgehead atoms. The second kappa shape index (κ2) is 8.63. The molecule has 0 unspecified atom stereocenters. The molecule has 0 aromatic heterocycles. The molecule has 0 spiro atoms. The summed E-state index contributed by atoms with van der Waals surface area (Å²) in [7, 11) is 1.76. The van der Waals surface area contributed by atoms with Crippen molar-refractivity contribution in [2.45, 2.75) is 76.5 Å². The van der Waals surface area contributed by atoms with Crippen molar-refractivity contribution in [1.82, 2.24) is 5.32 Å². The Morgan fingerprint density at radius 1 is 1.09 bits per heavy atom. The standard InChI is InChI=1S/C17H29NO4/c1-3-16(19)12-10-13(11-12)18-17(20)8-9-22-15-6-4-14(21-2)5-7-15/h12-15H,3-11H2,1-2H3,(H,18,20). The van der Waals surface area contributed by atoms with Crippen LogP contribution in [0.2, 0.25) is 0 Å². The second-order valence-electron chi connectivity index (χ2n) is 6.51. The Balaban J connectivity index is 1.51. The van der Waals surface area contributed by atoms with E-state index in [-0.39, 0.29) is 24.0 Å². The number of methoxy groups -OCH3 is 1. The first-order chi connectivity index (χ1) is 10.6. The third kappa shape index (κ3) is 5.06. The summed E-state index contributed by atoms with van der Waals surface area (Å²) in [5.74, 6) is 0.529. The zero-order chi connectivity index (χ0) is 15.9. The van der Waals surface area contributed by atoms with Crippen LogP contribution in [0.5, 0.6) is 0 Å². The van der Waals surface area contributed by atoms with E-state index >= 15 is 0 Å². The predicted octanol–water partition coefficient (Wildman–Crippen LogP) is 2.22. The second-order valence-corrected chi connectivity index (χ2v) is 6.51. The number of carbonyl (C=O) groups is 2. The summed E-state index contributed by atoms with van der Waals surface area (Å²) >= 11 is 0. The molecule has 126 valence electrons. The van der Waals surface area contributed by atoms with Crippen LogP contribution in [0.3, 0.4) is 0 Å². The van der Waals surface area contributed by atoms with Crippen LogP contribution in [0, 0.1) is 5.92 Å². The van der Waals surface area contributed by atoms with Gasteiger partial charge in [0, 0.05) is 31.9 Å². The first-order valence-corrected chi connectivity index (χ1v) is 8.58. The predicted molar refractivity (Wildman–Crippen MR) is 83.6 cm³/mol. The Morgan fingerprint density at radius 3 is 2.32 bits per heavy atom. The van der Waals surface area contributed by atoms with Crippen LogP contribution in [-0.2, 0) is 19.1 Å². The van der Waals surface area contributed by atoms with Gasteiger partial charge in [-0.3, -0.25) is 9.59 Å². The molecule has 0 radical (unpaired) electrons. The lowest BCUT2D eigenvalue weighted by Crippen LogP contribution is -2.46. The minimum atomic E-state index is 0.0398. The fourth-order valence-corrected chi connectivity index (χ4v) is 3.34. The van der Waals surface area contributed by atoms with Gasteiger partial charge in [0.1, 0.15) is 5.78 Å². The molecule has 0 saturated heterocycles. The van der Waals surface area contributed by atoms with Crippen LogP contribution in [0.25, 0.3) is 0 Å². The first-order valence-electron chi connectivity index (χ1n) is 8.58. The van der Waals surface area contributed by atoms with Gasteiger partial charge in [0.05, 0.1) is 18.8 Å². The summed E-state index contributed by atoms with van der Waals surface area (Å²) in [6.45, 7) is 2.38. The summed E-state index contributed by atoms with van der Waals surface area (Å²) in [6, 6.07) is 0.185. The van der Waals surface area contributed by atoms with Gasteiger partial charge in [-0.25, -0.2) is 0 Å². The molecule has 0 aromatic carbocycles. The van der Waals surface area contributed by atoms with E-state index < -0.39 is 0 Å². The van der Waals surface area contributed by atoms with E-state index in [4.69, 9.17) is 9.47 Å². The summed E-state index contributed by atoms with van der Waals surface area (Å²) in [4.78, 5) is 23.3. The number of ketones is 1. The molecule has 2 fully saturated rings. The summed E-state index contributed by atoms with van der Waals surface area (Å²) in [5, 5.41) is 2.99. The van der Waals surface area contributed by atoms with E-state index in [2.05, 4.69) is 5.32 Å². The van der Waals surface area contributed by atoms with Crippen molar-refractivity contribution in [2.75, 3.05) is 13.7 Å². The van der Waals surface area contributed by atoms with Crippen molar-refractivity contribution in [1.29, 1.82) is 0 Å². The van der Waals surface area contributed by atoms with E-state index in [0.717, 1.165) is 38.5 Å². The van der Waals surface area contributed by atoms with Crippen molar-refractivity contribution in [3.8, 4) is 0 Å². The fraction of sp³-hybridized carbons (Fsp3) is 0.882. The number of amides is 1. The smallest absolute Gasteiger partial charge is 0.222 e. The van der Waals surface area contributed by atoms with Gasteiger partial charge in [-0.1, -0.05) is 6.92 Å². The topological polar surface area (TPSA) is 64.6 Å². The molecule has 0 atom stereocenters. The van der Waals surface area contributed by atoms with Gasteiger partial charge in [0.15, 0.2) is 0 Å².